The number of hydrogen-bond donors (Lipinski definition) is 1. The van der Waals surface area contributed by atoms with Crippen LogP contribution >= 0.6 is 0 Å². The van der Waals surface area contributed by atoms with Crippen molar-refractivity contribution in [3.05, 3.63) is 76.4 Å². The van der Waals surface area contributed by atoms with E-state index in [0.29, 0.717) is 54.3 Å². The monoisotopic (exact) mass is 859 g/mol. The second-order valence-corrected chi connectivity index (χ2v) is 20.2. The van der Waals surface area contributed by atoms with Crippen molar-refractivity contribution in [1.29, 1.82) is 0 Å². The van der Waals surface area contributed by atoms with Crippen LogP contribution in [0.15, 0.2) is 30.3 Å². The van der Waals surface area contributed by atoms with Gasteiger partial charge in [0.15, 0.2) is 34.9 Å². The van der Waals surface area contributed by atoms with Gasteiger partial charge in [-0.2, -0.15) is 0 Å². The summed E-state index contributed by atoms with van der Waals surface area (Å²) in [7, 11) is 0. The summed E-state index contributed by atoms with van der Waals surface area (Å²) in [6.07, 6.45) is 28.7. The van der Waals surface area contributed by atoms with E-state index in [1.54, 1.807) is 0 Å². The lowest BCUT2D eigenvalue weighted by Crippen LogP contribution is -2.37. The van der Waals surface area contributed by atoms with Gasteiger partial charge in [-0.05, 0) is 223 Å². The molecule has 3 nitrogen and oxygen atoms in total. The summed E-state index contributed by atoms with van der Waals surface area (Å²) in [4.78, 5) is 0. The predicted molar refractivity (Wildman–Crippen MR) is 229 cm³/mol. The molecule has 2 heterocycles. The molecule has 2 aromatic rings. The van der Waals surface area contributed by atoms with Gasteiger partial charge in [0.25, 0.3) is 0 Å². The molecule has 1 N–H and O–H groups in total. The molecule has 9 heteroatoms. The highest BCUT2D eigenvalue weighted by molar-refractivity contribution is 5.66. The molecule has 0 aromatic heterocycles. The van der Waals surface area contributed by atoms with Gasteiger partial charge in [0, 0.05) is 13.2 Å². The number of aliphatic hydroxyl groups is 1. The van der Waals surface area contributed by atoms with Gasteiger partial charge in [-0.25, -0.2) is 26.3 Å². The minimum absolute atomic E-state index is 0.168. The zero-order chi connectivity index (χ0) is 43.1. The fourth-order valence-electron chi connectivity index (χ4n) is 12.6. The Kier molecular flexibility index (Phi) is 16.5. The van der Waals surface area contributed by atoms with E-state index in [4.69, 9.17) is 9.47 Å². The van der Waals surface area contributed by atoms with Gasteiger partial charge >= 0.3 is 0 Å². The Morgan fingerprint density at radius 1 is 0.525 bits per heavy atom. The Hall–Kier alpha value is -2.36. The maximum absolute atomic E-state index is 13.6. The third-order valence-electron chi connectivity index (χ3n) is 16.4. The van der Waals surface area contributed by atoms with E-state index < -0.39 is 40.5 Å². The Bertz CT molecular complexity index is 1680. The number of ether oxygens (including phenoxy) is 2. The average Bonchev–Trinajstić information content (AvgIpc) is 3.28. The van der Waals surface area contributed by atoms with Crippen LogP contribution in [0, 0.1) is 82.2 Å². The zero-order valence-corrected chi connectivity index (χ0v) is 36.9. The number of benzene rings is 2. The first-order valence-corrected chi connectivity index (χ1v) is 24.4. The summed E-state index contributed by atoms with van der Waals surface area (Å²) < 4.78 is 93.4. The number of halogens is 6. The van der Waals surface area contributed by atoms with E-state index in [9.17, 15) is 31.4 Å². The van der Waals surface area contributed by atoms with Crippen LogP contribution in [0.3, 0.4) is 0 Å². The van der Waals surface area contributed by atoms with Gasteiger partial charge in [0.1, 0.15) is 0 Å². The predicted octanol–water partition coefficient (Wildman–Crippen LogP) is 14.6. The van der Waals surface area contributed by atoms with Crippen LogP contribution in [0.5, 0.6) is 0 Å². The lowest BCUT2D eigenvalue weighted by Gasteiger charge is -2.43. The quantitative estimate of drug-likeness (QED) is 0.191. The molecule has 0 amide bonds. The minimum Gasteiger partial charge on any atom is -0.385 e. The first-order valence-electron chi connectivity index (χ1n) is 24.4. The summed E-state index contributed by atoms with van der Waals surface area (Å²) in [5.74, 6) is -1.95. The Balaban J connectivity index is 0.000000184. The van der Waals surface area contributed by atoms with E-state index in [2.05, 4.69) is 19.9 Å². The smallest absolute Gasteiger partial charge is 0.194 e. The van der Waals surface area contributed by atoms with Gasteiger partial charge in [0.2, 0.25) is 0 Å². The molecule has 2 aliphatic heterocycles. The molecule has 0 radical (unpaired) electrons. The van der Waals surface area contributed by atoms with E-state index in [0.717, 1.165) is 98.8 Å². The van der Waals surface area contributed by atoms with Crippen LogP contribution in [-0.4, -0.2) is 30.5 Å². The summed E-state index contributed by atoms with van der Waals surface area (Å²) in [6, 6.07) is 4.18. The van der Waals surface area contributed by atoms with Crippen molar-refractivity contribution in [3.63, 3.8) is 0 Å². The Labute approximate surface area is 361 Å². The minimum atomic E-state index is -1.47. The summed E-state index contributed by atoms with van der Waals surface area (Å²) >= 11 is 0. The average molecular weight is 859 g/mol. The SMILES string of the molecule is CCCC1CCC(C2CCC(C3CC=C(c4cc(F)c(F)c(F)c4)CC3)CC2)OC1.CCCC1CCC(C2CCC(C3CCC(O)(c4cc(F)c(F)c(F)c4)CC3)CC2)OC1. The number of allylic oxidation sites excluding steroid dienone is 2. The highest BCUT2D eigenvalue weighted by Crippen LogP contribution is 2.48. The highest BCUT2D eigenvalue weighted by atomic mass is 19.2. The fourth-order valence-corrected chi connectivity index (χ4v) is 12.6. The van der Waals surface area contributed by atoms with Crippen molar-refractivity contribution in [2.75, 3.05) is 13.2 Å². The molecule has 0 bridgehead atoms. The topological polar surface area (TPSA) is 38.7 Å². The largest absolute Gasteiger partial charge is 0.385 e. The highest BCUT2D eigenvalue weighted by Gasteiger charge is 2.41. The van der Waals surface area contributed by atoms with Crippen LogP contribution in [0.25, 0.3) is 5.57 Å². The zero-order valence-electron chi connectivity index (χ0n) is 36.9. The van der Waals surface area contributed by atoms with Crippen molar-refractivity contribution < 1.29 is 40.9 Å². The van der Waals surface area contributed by atoms with Crippen LogP contribution in [0.4, 0.5) is 26.3 Å². The van der Waals surface area contributed by atoms with Crippen molar-refractivity contribution >= 4 is 5.57 Å². The van der Waals surface area contributed by atoms with Gasteiger partial charge in [-0.1, -0.05) is 32.8 Å². The molecule has 61 heavy (non-hydrogen) atoms. The maximum Gasteiger partial charge on any atom is 0.194 e. The molecule has 5 unspecified atom stereocenters. The molecule has 2 saturated heterocycles. The second kappa shape index (κ2) is 21.5. The third-order valence-corrected chi connectivity index (χ3v) is 16.4. The van der Waals surface area contributed by atoms with Crippen LogP contribution in [0.2, 0.25) is 0 Å². The van der Waals surface area contributed by atoms with Crippen molar-refractivity contribution in [2.24, 2.45) is 47.3 Å². The van der Waals surface area contributed by atoms with Gasteiger partial charge < -0.3 is 14.6 Å². The van der Waals surface area contributed by atoms with Gasteiger partial charge in [-0.15, -0.1) is 0 Å². The normalized spacial score (nSPS) is 34.9. The van der Waals surface area contributed by atoms with Crippen LogP contribution in [0.1, 0.15) is 173 Å². The summed E-state index contributed by atoms with van der Waals surface area (Å²) in [5, 5.41) is 11.0. The van der Waals surface area contributed by atoms with Crippen LogP contribution in [-0.2, 0) is 15.1 Å². The third kappa shape index (κ3) is 11.7. The fraction of sp³-hybridized carbons (Fsp3) is 0.731. The Morgan fingerprint density at radius 2 is 0.951 bits per heavy atom. The summed E-state index contributed by atoms with van der Waals surface area (Å²) in [5.41, 5.74) is 0.356. The first-order chi connectivity index (χ1) is 29.4. The molecule has 5 fully saturated rings. The molecule has 2 aromatic carbocycles. The molecule has 340 valence electrons. The van der Waals surface area contributed by atoms with Crippen molar-refractivity contribution in [3.8, 4) is 0 Å². The first kappa shape index (κ1) is 46.6. The van der Waals surface area contributed by atoms with Crippen molar-refractivity contribution in [1.82, 2.24) is 0 Å². The standard InChI is InChI=1S/C26H37F3O2.C26H35F3O/c1-2-3-17-4-9-24(31-16-17)20-7-5-18(6-8-20)19-10-12-26(30,13-11-19)21-14-22(27)25(29)23(28)15-21;1-2-3-17-4-13-25(30-16-17)21-11-9-19(10-12-21)18-5-7-20(8-6-18)22-14-23(27)26(29)24(28)15-22/h14-15,17-20,24,30H,2-13,16H2,1H3;7,14-15,17-19,21,25H,2-6,8-13,16H2,1H3. The molecular formula is C52H72F6O3. The van der Waals surface area contributed by atoms with Gasteiger partial charge in [0.05, 0.1) is 17.8 Å². The lowest BCUT2D eigenvalue weighted by molar-refractivity contribution is -0.0652. The number of rotatable bonds is 10. The van der Waals surface area contributed by atoms with Crippen LogP contribution < -0.4 is 0 Å². The molecule has 3 saturated carbocycles. The second-order valence-electron chi connectivity index (χ2n) is 20.2. The Morgan fingerprint density at radius 3 is 1.36 bits per heavy atom. The molecule has 6 aliphatic rings. The molecule has 8 rings (SSSR count). The lowest BCUT2D eigenvalue weighted by atomic mass is 9.66. The van der Waals surface area contributed by atoms with E-state index in [-0.39, 0.29) is 5.56 Å². The molecular weight excluding hydrogens is 787 g/mol. The molecule has 5 atom stereocenters. The van der Waals surface area contributed by atoms with E-state index in [1.165, 1.54) is 103 Å². The number of hydrogen-bond acceptors (Lipinski definition) is 3. The van der Waals surface area contributed by atoms with Crippen molar-refractivity contribution in [2.45, 2.75) is 179 Å². The van der Waals surface area contributed by atoms with Gasteiger partial charge in [-0.3, -0.25) is 0 Å². The maximum atomic E-state index is 13.6. The van der Waals surface area contributed by atoms with E-state index >= 15 is 0 Å². The molecule has 0 spiro atoms. The summed E-state index contributed by atoms with van der Waals surface area (Å²) in [6.45, 7) is 6.39. The van der Waals surface area contributed by atoms with E-state index in [1.807, 2.05) is 0 Å². The molecule has 4 aliphatic carbocycles.